The number of rotatable bonds is 12. The Labute approximate surface area is 249 Å². The Balaban J connectivity index is 3.22. The fourth-order valence-electron chi connectivity index (χ4n) is 2.90. The molecule has 0 bridgehead atoms. The van der Waals surface area contributed by atoms with E-state index in [-0.39, 0.29) is 0 Å². The van der Waals surface area contributed by atoms with Crippen molar-refractivity contribution in [1.82, 2.24) is 10.6 Å². The summed E-state index contributed by atoms with van der Waals surface area (Å²) in [5.74, 6) is -5.51. The molecule has 6 nitrogen and oxygen atoms in total. The van der Waals surface area contributed by atoms with Crippen LogP contribution in [0.2, 0.25) is 0 Å². The van der Waals surface area contributed by atoms with Gasteiger partial charge in [-0.25, -0.2) is 4.79 Å². The zero-order valence-electron chi connectivity index (χ0n) is 23.8. The number of amides is 2. The van der Waals surface area contributed by atoms with E-state index in [0.29, 0.717) is 6.07 Å². The molecule has 1 aromatic carbocycles. The highest BCUT2D eigenvalue weighted by molar-refractivity contribution is 5.94. The Morgan fingerprint density at radius 2 is 1.14 bits per heavy atom. The molecule has 0 saturated carbocycles. The topological polar surface area (TPSA) is 84.5 Å². The van der Waals surface area contributed by atoms with Crippen molar-refractivity contribution >= 4 is 17.8 Å². The molecule has 0 aromatic heterocycles. The van der Waals surface area contributed by atoms with Crippen molar-refractivity contribution in [3.05, 3.63) is 156 Å². The summed E-state index contributed by atoms with van der Waals surface area (Å²) in [6.45, 7) is 4.84. The van der Waals surface area contributed by atoms with Crippen molar-refractivity contribution in [2.45, 2.75) is 32.8 Å². The van der Waals surface area contributed by atoms with Gasteiger partial charge in [0.1, 0.15) is 0 Å². The molecule has 0 aliphatic rings. The Hall–Kier alpha value is -5.54. The summed E-state index contributed by atoms with van der Waals surface area (Å²) < 4.78 is 45.5. The fourth-order valence-corrected chi connectivity index (χ4v) is 2.90. The number of benzene rings is 1. The third-order valence-corrected chi connectivity index (χ3v) is 4.68. The first-order chi connectivity index (χ1) is 20.5. The second kappa shape index (κ2) is 19.5. The number of alkyl halides is 3. The zero-order valence-corrected chi connectivity index (χ0v) is 23.8. The average molecular weight is 589 g/mol. The van der Waals surface area contributed by atoms with Gasteiger partial charge in [-0.05, 0) is 38.1 Å². The van der Waals surface area contributed by atoms with Gasteiger partial charge in [0.15, 0.2) is 0 Å². The summed E-state index contributed by atoms with van der Waals surface area (Å²) in [4.78, 5) is 37.8. The lowest BCUT2D eigenvalue weighted by Gasteiger charge is -2.30. The Kier molecular flexibility index (Phi) is 16.1. The van der Waals surface area contributed by atoms with Crippen LogP contribution < -0.4 is 10.6 Å². The molecule has 0 saturated heterocycles. The highest BCUT2D eigenvalue weighted by Gasteiger charge is 2.38. The van der Waals surface area contributed by atoms with Crippen LogP contribution in [0.4, 0.5) is 13.2 Å². The molecule has 0 heterocycles. The van der Waals surface area contributed by atoms with E-state index >= 15 is 0 Å². The normalized spacial score (nSPS) is 12.9. The number of hydrogen-bond acceptors (Lipinski definition) is 4. The van der Waals surface area contributed by atoms with E-state index in [4.69, 9.17) is 4.74 Å². The zero-order chi connectivity index (χ0) is 32.0. The minimum atomic E-state index is -4.86. The third kappa shape index (κ3) is 15.7. The maximum Gasteiger partial charge on any atom is 0.417 e. The molecule has 43 heavy (non-hydrogen) atoms. The number of halogens is 3. The first kappa shape index (κ1) is 35.5. The molecule has 2 N–H and O–H groups in total. The van der Waals surface area contributed by atoms with Crippen molar-refractivity contribution in [3.8, 4) is 0 Å². The van der Waals surface area contributed by atoms with Gasteiger partial charge in [-0.1, -0.05) is 108 Å². The Bertz CT molecular complexity index is 1440. The van der Waals surface area contributed by atoms with Gasteiger partial charge in [-0.15, -0.1) is 0 Å². The van der Waals surface area contributed by atoms with E-state index in [0.717, 1.165) is 31.2 Å². The van der Waals surface area contributed by atoms with Crippen LogP contribution in [0.3, 0.4) is 0 Å². The number of nitrogens with one attached hydrogen (secondary N) is 2. The first-order valence-corrected chi connectivity index (χ1v) is 12.8. The van der Waals surface area contributed by atoms with Crippen LogP contribution in [0.5, 0.6) is 0 Å². The molecule has 0 spiro atoms. The van der Waals surface area contributed by atoms with Gasteiger partial charge in [-0.3, -0.25) is 20.2 Å². The maximum atomic E-state index is 13.5. The summed E-state index contributed by atoms with van der Waals surface area (Å²) in [5.41, 5.74) is 8.05. The van der Waals surface area contributed by atoms with Gasteiger partial charge in [0, 0.05) is 6.92 Å². The largest absolute Gasteiger partial charge is 0.417 e. The fraction of sp³-hybridized carbons (Fsp3) is 0.147. The smallest absolute Gasteiger partial charge is 0.417 e. The number of carbonyl (C=O) groups excluding carboxylic acids is 3. The second-order valence-corrected chi connectivity index (χ2v) is 8.24. The predicted molar refractivity (Wildman–Crippen MR) is 160 cm³/mol. The van der Waals surface area contributed by atoms with E-state index < -0.39 is 40.9 Å². The lowest BCUT2D eigenvalue weighted by Crippen LogP contribution is -2.60. The first-order valence-electron chi connectivity index (χ1n) is 12.8. The van der Waals surface area contributed by atoms with Crippen molar-refractivity contribution in [2.75, 3.05) is 0 Å². The lowest BCUT2D eigenvalue weighted by molar-refractivity contribution is -0.140. The minimum Gasteiger partial charge on any atom is -0.417 e. The molecular weight excluding hydrogens is 557 g/mol. The van der Waals surface area contributed by atoms with Gasteiger partial charge < -0.3 is 4.74 Å². The number of hydrogen-bond donors (Lipinski definition) is 2. The average Bonchev–Trinajstić information content (AvgIpc) is 2.94. The summed E-state index contributed by atoms with van der Waals surface area (Å²) in [6.07, 6.45) is 21.1. The Morgan fingerprint density at radius 1 is 0.698 bits per heavy atom. The molecular formula is C34H31F3N2O4. The molecule has 9 heteroatoms. The van der Waals surface area contributed by atoms with Crippen LogP contribution in [0.1, 0.15) is 36.7 Å². The van der Waals surface area contributed by atoms with Gasteiger partial charge in [-0.2, -0.15) is 13.2 Å². The lowest BCUT2D eigenvalue weighted by atomic mass is 10.1. The van der Waals surface area contributed by atoms with E-state index in [1.165, 1.54) is 18.2 Å². The quantitative estimate of drug-likeness (QED) is 0.0917. The van der Waals surface area contributed by atoms with Crippen LogP contribution in [0.25, 0.3) is 0 Å². The highest BCUT2D eigenvalue weighted by Crippen LogP contribution is 2.32. The number of ether oxygens (including phenoxy) is 1. The summed E-state index contributed by atoms with van der Waals surface area (Å²) in [7, 11) is 0. The molecule has 0 aliphatic heterocycles. The molecule has 0 atom stereocenters. The Morgan fingerprint density at radius 3 is 1.60 bits per heavy atom. The van der Waals surface area contributed by atoms with Gasteiger partial charge in [0.25, 0.3) is 17.7 Å². The molecule has 0 fully saturated rings. The van der Waals surface area contributed by atoms with E-state index in [2.05, 4.69) is 33.6 Å². The van der Waals surface area contributed by atoms with Crippen LogP contribution in [0.15, 0.2) is 144 Å². The maximum absolute atomic E-state index is 13.5. The van der Waals surface area contributed by atoms with E-state index in [9.17, 15) is 27.6 Å². The second-order valence-electron chi connectivity index (χ2n) is 8.24. The molecule has 1 rings (SSSR count). The van der Waals surface area contributed by atoms with Crippen molar-refractivity contribution < 1.29 is 32.3 Å². The van der Waals surface area contributed by atoms with Crippen molar-refractivity contribution in [2.24, 2.45) is 0 Å². The van der Waals surface area contributed by atoms with Crippen LogP contribution in [-0.4, -0.2) is 23.6 Å². The monoisotopic (exact) mass is 588 g/mol. The molecule has 0 unspecified atom stereocenters. The van der Waals surface area contributed by atoms with Crippen LogP contribution in [-0.2, 0) is 20.5 Å². The third-order valence-electron chi connectivity index (χ3n) is 4.68. The van der Waals surface area contributed by atoms with Crippen molar-refractivity contribution in [3.63, 3.8) is 0 Å². The van der Waals surface area contributed by atoms with Crippen molar-refractivity contribution in [1.29, 1.82) is 0 Å². The molecule has 0 radical (unpaired) electrons. The molecule has 222 valence electrons. The minimum absolute atomic E-state index is 0.709. The van der Waals surface area contributed by atoms with Gasteiger partial charge >= 0.3 is 12.1 Å². The van der Waals surface area contributed by atoms with Gasteiger partial charge in [0.05, 0.1) is 23.3 Å². The highest BCUT2D eigenvalue weighted by atomic mass is 19.4. The van der Waals surface area contributed by atoms with E-state index in [1.54, 1.807) is 36.5 Å². The van der Waals surface area contributed by atoms with Gasteiger partial charge in [0.2, 0.25) is 0 Å². The standard InChI is InChI=1S/C34H31F3N2O4/c1-4-6-8-10-12-14-16-18-20-26-30(40)38-33(3,39-31(41)27-21-19-17-15-13-11-9-7-5-2)43-32(42)28-24-22-23-25-29(28)34(35,36)37/h4-17,22-27H,1-3H3,(H,38,40)(H,39,41). The molecule has 2 amide bonds. The number of allylic oxidation sites excluding steroid dienone is 14. The summed E-state index contributed by atoms with van der Waals surface area (Å²) >= 11 is 0. The summed E-state index contributed by atoms with van der Waals surface area (Å²) in [6, 6.07) is 3.95. The molecule has 1 aromatic rings. The predicted octanol–water partition coefficient (Wildman–Crippen LogP) is 6.88. The van der Waals surface area contributed by atoms with Crippen LogP contribution >= 0.6 is 0 Å². The number of carbonyl (C=O) groups is 3. The number of esters is 1. The molecule has 0 aliphatic carbocycles. The van der Waals surface area contributed by atoms with Crippen LogP contribution in [0, 0.1) is 0 Å². The summed E-state index contributed by atoms with van der Waals surface area (Å²) in [5, 5.41) is 4.48. The SMILES string of the molecule is CC=CC=CC=CC=C=C=CC(=O)NC(C)(NC(=O)C=C=C=CC=CC=CC=CC)OC(=O)c1ccccc1C(F)(F)F. The van der Waals surface area contributed by atoms with E-state index in [1.807, 2.05) is 50.3 Å².